The van der Waals surface area contributed by atoms with Gasteiger partial charge in [-0.2, -0.15) is 0 Å². The molecule has 0 saturated carbocycles. The molecule has 0 aromatic carbocycles. The number of hydrogen-bond donors (Lipinski definition) is 0. The molecule has 0 unspecified atom stereocenters. The molecule has 0 N–H and O–H groups in total. The minimum atomic E-state index is -3.98. The maximum absolute atomic E-state index is 10.9. The highest BCUT2D eigenvalue weighted by molar-refractivity contribution is 8.13. The van der Waals surface area contributed by atoms with Gasteiger partial charge in [-0.1, -0.05) is 0 Å². The van der Waals surface area contributed by atoms with Crippen LogP contribution < -0.4 is 0 Å². The second kappa shape index (κ2) is 3.89. The van der Waals surface area contributed by atoms with E-state index in [-0.39, 0.29) is 5.69 Å². The predicted molar refractivity (Wildman–Crippen MR) is 46.4 cm³/mol. The van der Waals surface area contributed by atoms with Crippen molar-refractivity contribution in [3.05, 3.63) is 18.1 Å². The number of esters is 1. The first-order chi connectivity index (χ1) is 6.45. The van der Waals surface area contributed by atoms with Crippen LogP contribution in [-0.2, 0) is 13.8 Å². The molecule has 0 bridgehead atoms. The molecule has 0 aliphatic heterocycles. The Bertz CT molecular complexity index is 459. The van der Waals surface area contributed by atoms with Crippen molar-refractivity contribution in [2.24, 2.45) is 0 Å². The average Bonchev–Trinajstić information content (AvgIpc) is 2.15. The zero-order valence-corrected chi connectivity index (χ0v) is 8.54. The van der Waals surface area contributed by atoms with Gasteiger partial charge in [0.1, 0.15) is 0 Å². The smallest absolute Gasteiger partial charge is 0.358 e. The SMILES string of the molecule is COC(=O)c1cncc(S(=O)(=O)Cl)n1. The number of hydrogen-bond acceptors (Lipinski definition) is 6. The number of nitrogens with zero attached hydrogens (tertiary/aromatic N) is 2. The summed E-state index contributed by atoms with van der Waals surface area (Å²) in [6.07, 6.45) is 2.02. The molecule has 1 aromatic heterocycles. The van der Waals surface area contributed by atoms with E-state index in [0.29, 0.717) is 0 Å². The summed E-state index contributed by atoms with van der Waals surface area (Å²) < 4.78 is 25.9. The molecule has 0 saturated heterocycles. The first-order valence-electron chi connectivity index (χ1n) is 3.30. The van der Waals surface area contributed by atoms with Crippen LogP contribution >= 0.6 is 10.7 Å². The van der Waals surface area contributed by atoms with Crippen molar-refractivity contribution in [1.82, 2.24) is 9.97 Å². The Morgan fingerprint density at radius 3 is 2.64 bits per heavy atom. The number of carbonyl (C=O) groups is 1. The van der Waals surface area contributed by atoms with E-state index in [9.17, 15) is 13.2 Å². The van der Waals surface area contributed by atoms with Crippen LogP contribution in [0.5, 0.6) is 0 Å². The fourth-order valence-electron chi connectivity index (χ4n) is 0.668. The van der Waals surface area contributed by atoms with E-state index < -0.39 is 20.0 Å². The Balaban J connectivity index is 3.21. The third-order valence-corrected chi connectivity index (χ3v) is 2.43. The van der Waals surface area contributed by atoms with Crippen LogP contribution in [0.25, 0.3) is 0 Å². The second-order valence-electron chi connectivity index (χ2n) is 2.17. The Kier molecular flexibility index (Phi) is 3.02. The van der Waals surface area contributed by atoms with Crippen LogP contribution in [0.3, 0.4) is 0 Å². The molecular weight excluding hydrogens is 232 g/mol. The number of rotatable bonds is 2. The molecule has 76 valence electrons. The van der Waals surface area contributed by atoms with Crippen LogP contribution in [0.15, 0.2) is 17.4 Å². The van der Waals surface area contributed by atoms with Crippen molar-refractivity contribution in [2.75, 3.05) is 7.11 Å². The van der Waals surface area contributed by atoms with Gasteiger partial charge in [0.05, 0.1) is 19.5 Å². The Labute approximate surface area is 84.3 Å². The van der Waals surface area contributed by atoms with Gasteiger partial charge in [-0.05, 0) is 0 Å². The summed E-state index contributed by atoms with van der Waals surface area (Å²) in [6.45, 7) is 0. The monoisotopic (exact) mass is 236 g/mol. The quantitative estimate of drug-likeness (QED) is 0.538. The third kappa shape index (κ3) is 2.39. The van der Waals surface area contributed by atoms with Gasteiger partial charge in [0.2, 0.25) is 0 Å². The maximum atomic E-state index is 10.9. The summed E-state index contributed by atoms with van der Waals surface area (Å²) in [6, 6.07) is 0. The highest BCUT2D eigenvalue weighted by Gasteiger charge is 2.16. The first kappa shape index (κ1) is 10.9. The molecule has 0 radical (unpaired) electrons. The van der Waals surface area contributed by atoms with Crippen LogP contribution in [0.4, 0.5) is 0 Å². The largest absolute Gasteiger partial charge is 0.464 e. The molecule has 0 aliphatic carbocycles. The Morgan fingerprint density at radius 2 is 2.14 bits per heavy atom. The summed E-state index contributed by atoms with van der Waals surface area (Å²) in [5.74, 6) is -0.778. The lowest BCUT2D eigenvalue weighted by atomic mass is 10.5. The summed E-state index contributed by atoms with van der Waals surface area (Å²) in [7, 11) is 2.16. The van der Waals surface area contributed by atoms with Crippen LogP contribution in [-0.4, -0.2) is 31.5 Å². The fourth-order valence-corrected chi connectivity index (χ4v) is 1.29. The maximum Gasteiger partial charge on any atom is 0.358 e. The van der Waals surface area contributed by atoms with Crippen molar-refractivity contribution in [1.29, 1.82) is 0 Å². The standard InChI is InChI=1S/C6H5ClN2O4S/c1-13-6(10)4-2-8-3-5(9-4)14(7,11)12/h2-3H,1H3. The highest BCUT2D eigenvalue weighted by atomic mass is 35.7. The van der Waals surface area contributed by atoms with Crippen molar-refractivity contribution < 1.29 is 17.9 Å². The molecule has 1 heterocycles. The average molecular weight is 237 g/mol. The van der Waals surface area contributed by atoms with Gasteiger partial charge in [-0.15, -0.1) is 0 Å². The molecule has 0 amide bonds. The first-order valence-corrected chi connectivity index (χ1v) is 5.61. The van der Waals surface area contributed by atoms with Crippen molar-refractivity contribution in [2.45, 2.75) is 5.03 Å². The molecule has 0 fully saturated rings. The van der Waals surface area contributed by atoms with Crippen molar-refractivity contribution in [3.63, 3.8) is 0 Å². The summed E-state index contributed by atoms with van der Waals surface area (Å²) in [4.78, 5) is 17.9. The van der Waals surface area contributed by atoms with Gasteiger partial charge in [0.15, 0.2) is 10.7 Å². The van der Waals surface area contributed by atoms with E-state index in [1.54, 1.807) is 0 Å². The molecule has 14 heavy (non-hydrogen) atoms. The number of methoxy groups -OCH3 is 1. The molecule has 1 aromatic rings. The lowest BCUT2D eigenvalue weighted by Gasteiger charge is -1.98. The lowest BCUT2D eigenvalue weighted by molar-refractivity contribution is 0.0592. The summed E-state index contributed by atoms with van der Waals surface area (Å²) in [5.41, 5.74) is -0.214. The predicted octanol–water partition coefficient (Wildman–Crippen LogP) is 0.191. The van der Waals surface area contributed by atoms with Crippen molar-refractivity contribution >= 4 is 25.7 Å². The fraction of sp³-hybridized carbons (Fsp3) is 0.167. The molecule has 1 rings (SSSR count). The zero-order chi connectivity index (χ0) is 10.8. The van der Waals surface area contributed by atoms with Gasteiger partial charge in [-0.25, -0.2) is 18.2 Å². The number of carbonyl (C=O) groups excluding carboxylic acids is 1. The van der Waals surface area contributed by atoms with E-state index in [0.717, 1.165) is 19.5 Å². The Hall–Kier alpha value is -1.21. The van der Waals surface area contributed by atoms with Crippen LogP contribution in [0, 0.1) is 0 Å². The van der Waals surface area contributed by atoms with Gasteiger partial charge < -0.3 is 4.74 Å². The third-order valence-electron chi connectivity index (χ3n) is 1.26. The minimum absolute atomic E-state index is 0.214. The second-order valence-corrected chi connectivity index (χ2v) is 4.68. The van der Waals surface area contributed by atoms with E-state index in [2.05, 4.69) is 14.7 Å². The number of halogens is 1. The number of aromatic nitrogens is 2. The molecule has 0 aliphatic rings. The van der Waals surface area contributed by atoms with Gasteiger partial charge in [0.25, 0.3) is 9.05 Å². The van der Waals surface area contributed by atoms with E-state index in [1.807, 2.05) is 0 Å². The van der Waals surface area contributed by atoms with Gasteiger partial charge in [-0.3, -0.25) is 4.98 Å². The highest BCUT2D eigenvalue weighted by Crippen LogP contribution is 2.10. The van der Waals surface area contributed by atoms with E-state index in [1.165, 1.54) is 0 Å². The molecular formula is C6H5ClN2O4S. The van der Waals surface area contributed by atoms with Crippen LogP contribution in [0.1, 0.15) is 10.5 Å². The normalized spacial score (nSPS) is 11.0. The summed E-state index contributed by atoms with van der Waals surface area (Å²) in [5, 5.41) is -0.484. The van der Waals surface area contributed by atoms with E-state index in [4.69, 9.17) is 10.7 Å². The number of ether oxygens (including phenoxy) is 1. The molecule has 0 atom stereocenters. The minimum Gasteiger partial charge on any atom is -0.464 e. The zero-order valence-electron chi connectivity index (χ0n) is 6.97. The summed E-state index contributed by atoms with van der Waals surface area (Å²) >= 11 is 0. The molecule has 6 nitrogen and oxygen atoms in total. The van der Waals surface area contributed by atoms with Gasteiger partial charge in [0, 0.05) is 10.7 Å². The Morgan fingerprint density at radius 1 is 1.50 bits per heavy atom. The van der Waals surface area contributed by atoms with Gasteiger partial charge >= 0.3 is 5.97 Å². The topological polar surface area (TPSA) is 86.2 Å². The van der Waals surface area contributed by atoms with E-state index >= 15 is 0 Å². The van der Waals surface area contributed by atoms with Crippen molar-refractivity contribution in [3.8, 4) is 0 Å². The van der Waals surface area contributed by atoms with Crippen LogP contribution in [0.2, 0.25) is 0 Å². The molecule has 8 heteroatoms. The molecule has 0 spiro atoms. The lowest BCUT2D eigenvalue weighted by Crippen LogP contribution is -2.07.